The maximum Gasteiger partial charge on any atom is 0.306 e. The van der Waals surface area contributed by atoms with Crippen LogP contribution in [0.1, 0.15) is 304 Å². The molecule has 0 aromatic rings. The summed E-state index contributed by atoms with van der Waals surface area (Å²) in [5.41, 5.74) is 0. The number of hydrogen-bond donors (Lipinski definition) is 0. The van der Waals surface area contributed by atoms with E-state index in [0.717, 1.165) is 63.7 Å². The minimum Gasteiger partial charge on any atom is -0.462 e. The van der Waals surface area contributed by atoms with Crippen LogP contribution in [0.25, 0.3) is 0 Å². The quantitative estimate of drug-likeness (QED) is 0.0345. The Bertz CT molecular complexity index is 903. The molecule has 6 heteroatoms. The van der Waals surface area contributed by atoms with Crippen LogP contribution in [0.15, 0.2) is 0 Å². The molecule has 0 unspecified atom stereocenters. The lowest BCUT2D eigenvalue weighted by Gasteiger charge is -2.18. The highest BCUT2D eigenvalue weighted by Gasteiger charge is 2.19. The van der Waals surface area contributed by atoms with Crippen molar-refractivity contribution in [1.29, 1.82) is 0 Å². The van der Waals surface area contributed by atoms with Crippen molar-refractivity contribution in [2.75, 3.05) is 13.2 Å². The summed E-state index contributed by atoms with van der Waals surface area (Å²) in [5.74, 6) is -0.0184. The van der Waals surface area contributed by atoms with Crippen molar-refractivity contribution in [1.82, 2.24) is 0 Å². The Balaban J connectivity index is 4.23. The van der Waals surface area contributed by atoms with E-state index in [1.165, 1.54) is 199 Å². The molecule has 0 aromatic carbocycles. The van der Waals surface area contributed by atoms with E-state index in [1.54, 1.807) is 0 Å². The lowest BCUT2D eigenvalue weighted by Crippen LogP contribution is -2.30. The topological polar surface area (TPSA) is 78.9 Å². The summed E-state index contributed by atoms with van der Waals surface area (Å²) in [7, 11) is 0. The van der Waals surface area contributed by atoms with E-state index in [2.05, 4.69) is 27.7 Å². The number of unbranched alkanes of at least 4 members (excludes halogenated alkanes) is 36. The number of rotatable bonds is 49. The molecule has 0 aromatic heterocycles. The Labute approximate surface area is 374 Å². The lowest BCUT2D eigenvalue weighted by molar-refractivity contribution is -0.167. The van der Waals surface area contributed by atoms with Crippen molar-refractivity contribution in [2.24, 2.45) is 5.92 Å². The molecule has 0 N–H and O–H groups in total. The van der Waals surface area contributed by atoms with Crippen LogP contribution in [0, 0.1) is 5.92 Å². The van der Waals surface area contributed by atoms with Crippen LogP contribution in [-0.4, -0.2) is 37.2 Å². The summed E-state index contributed by atoms with van der Waals surface area (Å²) >= 11 is 0. The second-order valence-electron chi connectivity index (χ2n) is 19.0. The zero-order chi connectivity index (χ0) is 43.8. The van der Waals surface area contributed by atoms with Crippen LogP contribution in [-0.2, 0) is 28.6 Å². The summed E-state index contributed by atoms with van der Waals surface area (Å²) < 4.78 is 16.8. The van der Waals surface area contributed by atoms with Crippen molar-refractivity contribution in [3.63, 3.8) is 0 Å². The molecule has 0 radical (unpaired) electrons. The van der Waals surface area contributed by atoms with Gasteiger partial charge in [0.1, 0.15) is 13.2 Å². The molecule has 0 saturated heterocycles. The van der Waals surface area contributed by atoms with E-state index in [0.29, 0.717) is 19.3 Å². The first-order valence-corrected chi connectivity index (χ1v) is 26.9. The Morgan fingerprint density at radius 1 is 0.317 bits per heavy atom. The van der Waals surface area contributed by atoms with Gasteiger partial charge in [0, 0.05) is 19.3 Å². The van der Waals surface area contributed by atoms with Gasteiger partial charge in [-0.25, -0.2) is 0 Å². The summed E-state index contributed by atoms with van der Waals surface area (Å²) in [6.07, 6.45) is 51.0. The summed E-state index contributed by atoms with van der Waals surface area (Å²) in [4.78, 5) is 37.9. The van der Waals surface area contributed by atoms with Crippen LogP contribution in [0.3, 0.4) is 0 Å². The number of esters is 3. The zero-order valence-electron chi connectivity index (χ0n) is 40.9. The largest absolute Gasteiger partial charge is 0.462 e. The minimum atomic E-state index is -0.760. The molecule has 0 heterocycles. The van der Waals surface area contributed by atoms with E-state index in [-0.39, 0.29) is 31.1 Å². The highest BCUT2D eigenvalue weighted by atomic mass is 16.6. The second-order valence-corrected chi connectivity index (χ2v) is 19.0. The fourth-order valence-electron chi connectivity index (χ4n) is 8.22. The molecule has 0 aliphatic carbocycles. The Hall–Kier alpha value is -1.59. The van der Waals surface area contributed by atoms with Crippen LogP contribution in [0.5, 0.6) is 0 Å². The first-order valence-electron chi connectivity index (χ1n) is 26.9. The highest BCUT2D eigenvalue weighted by Crippen LogP contribution is 2.17. The number of carbonyl (C=O) groups is 3. The summed E-state index contributed by atoms with van der Waals surface area (Å²) in [6.45, 7) is 9.01. The molecule has 0 amide bonds. The average molecular weight is 849 g/mol. The molecule has 6 nitrogen and oxygen atoms in total. The van der Waals surface area contributed by atoms with Crippen molar-refractivity contribution >= 4 is 17.9 Å². The third-order valence-electron chi connectivity index (χ3n) is 12.3. The molecule has 0 bridgehead atoms. The second kappa shape index (κ2) is 48.4. The monoisotopic (exact) mass is 849 g/mol. The predicted molar refractivity (Wildman–Crippen MR) is 257 cm³/mol. The zero-order valence-corrected chi connectivity index (χ0v) is 40.9. The molecular weight excluding hydrogens is 745 g/mol. The van der Waals surface area contributed by atoms with E-state index < -0.39 is 6.10 Å². The van der Waals surface area contributed by atoms with Crippen LogP contribution in [0.2, 0.25) is 0 Å². The molecule has 0 fully saturated rings. The van der Waals surface area contributed by atoms with E-state index >= 15 is 0 Å². The van der Waals surface area contributed by atoms with Gasteiger partial charge in [-0.3, -0.25) is 14.4 Å². The Morgan fingerprint density at radius 3 is 0.817 bits per heavy atom. The lowest BCUT2D eigenvalue weighted by atomic mass is 10.0. The van der Waals surface area contributed by atoms with Crippen molar-refractivity contribution in [3.05, 3.63) is 0 Å². The van der Waals surface area contributed by atoms with E-state index in [4.69, 9.17) is 14.2 Å². The van der Waals surface area contributed by atoms with Gasteiger partial charge in [-0.1, -0.05) is 265 Å². The normalized spacial score (nSPS) is 11.9. The third kappa shape index (κ3) is 47.5. The van der Waals surface area contributed by atoms with Gasteiger partial charge >= 0.3 is 17.9 Å². The molecular formula is C54H104O6. The van der Waals surface area contributed by atoms with Gasteiger partial charge in [-0.15, -0.1) is 0 Å². The fraction of sp³-hybridized carbons (Fsp3) is 0.944. The van der Waals surface area contributed by atoms with E-state index in [1.807, 2.05) is 0 Å². The molecule has 0 aliphatic heterocycles. The van der Waals surface area contributed by atoms with Gasteiger partial charge in [-0.05, 0) is 25.2 Å². The van der Waals surface area contributed by atoms with Gasteiger partial charge in [-0.2, -0.15) is 0 Å². The molecule has 0 spiro atoms. The first-order chi connectivity index (χ1) is 29.4. The Kier molecular flexibility index (Phi) is 47.2. The molecule has 356 valence electrons. The molecule has 0 aliphatic rings. The maximum absolute atomic E-state index is 12.8. The first kappa shape index (κ1) is 58.4. The molecule has 1 atom stereocenters. The molecule has 60 heavy (non-hydrogen) atoms. The molecule has 0 rings (SSSR count). The summed E-state index contributed by atoms with van der Waals surface area (Å²) in [6, 6.07) is 0. The van der Waals surface area contributed by atoms with Crippen LogP contribution >= 0.6 is 0 Å². The van der Waals surface area contributed by atoms with E-state index in [9.17, 15) is 14.4 Å². The van der Waals surface area contributed by atoms with Crippen molar-refractivity contribution in [3.8, 4) is 0 Å². The van der Waals surface area contributed by atoms with Crippen molar-refractivity contribution in [2.45, 2.75) is 310 Å². The van der Waals surface area contributed by atoms with Gasteiger partial charge in [0.05, 0.1) is 0 Å². The van der Waals surface area contributed by atoms with Gasteiger partial charge in [0.15, 0.2) is 6.10 Å². The van der Waals surface area contributed by atoms with Gasteiger partial charge in [0.2, 0.25) is 0 Å². The number of hydrogen-bond acceptors (Lipinski definition) is 6. The number of carbonyl (C=O) groups excluding carboxylic acids is 3. The standard InChI is InChI=1S/C54H104O6/c1-5-7-9-11-13-15-16-17-18-19-20-21-22-23-26-31-35-39-43-47-54(57)60-51(48-58-52(55)45-41-37-33-28-14-12-10-8-6-2)49-59-53(56)46-42-38-34-30-27-24-25-29-32-36-40-44-50(3)4/h50-51H,5-49H2,1-4H3/t51-/m1/s1. The smallest absolute Gasteiger partial charge is 0.306 e. The van der Waals surface area contributed by atoms with Crippen LogP contribution in [0.4, 0.5) is 0 Å². The Morgan fingerprint density at radius 2 is 0.550 bits per heavy atom. The van der Waals surface area contributed by atoms with Crippen LogP contribution < -0.4 is 0 Å². The van der Waals surface area contributed by atoms with Gasteiger partial charge < -0.3 is 14.2 Å². The maximum atomic E-state index is 12.8. The molecule has 0 saturated carbocycles. The summed E-state index contributed by atoms with van der Waals surface area (Å²) in [5, 5.41) is 0. The number of ether oxygens (including phenoxy) is 3. The minimum absolute atomic E-state index is 0.0629. The highest BCUT2D eigenvalue weighted by molar-refractivity contribution is 5.71. The predicted octanol–water partition coefficient (Wildman–Crippen LogP) is 17.5. The average Bonchev–Trinajstić information content (AvgIpc) is 3.23. The fourth-order valence-corrected chi connectivity index (χ4v) is 8.22. The third-order valence-corrected chi connectivity index (χ3v) is 12.3. The van der Waals surface area contributed by atoms with Crippen molar-refractivity contribution < 1.29 is 28.6 Å². The van der Waals surface area contributed by atoms with Gasteiger partial charge in [0.25, 0.3) is 0 Å². The SMILES string of the molecule is CCCCCCCCCCCCCCCCCCCCCC(=O)O[C@H](COC(=O)CCCCCCCCCCC)COC(=O)CCCCCCCCCCCCCC(C)C.